The maximum atomic E-state index is 5.65. The highest BCUT2D eigenvalue weighted by Gasteiger charge is 2.16. The van der Waals surface area contributed by atoms with Crippen molar-refractivity contribution in [3.63, 3.8) is 0 Å². The third-order valence-corrected chi connectivity index (χ3v) is 5.58. The highest BCUT2D eigenvalue weighted by molar-refractivity contribution is 6.00. The largest absolute Gasteiger partial charge is 0.496 e. The number of ether oxygens (including phenoxy) is 1. The van der Waals surface area contributed by atoms with Gasteiger partial charge in [-0.25, -0.2) is 4.98 Å². The van der Waals surface area contributed by atoms with Crippen LogP contribution in [0.2, 0.25) is 0 Å². The predicted octanol–water partition coefficient (Wildman–Crippen LogP) is 4.97. The Morgan fingerprint density at radius 3 is 2.85 bits per heavy atom. The van der Waals surface area contributed by atoms with Gasteiger partial charge in [-0.15, -0.1) is 10.2 Å². The molecule has 0 aliphatic heterocycles. The number of rotatable bonds is 8. The van der Waals surface area contributed by atoms with Gasteiger partial charge in [0.15, 0.2) is 0 Å². The van der Waals surface area contributed by atoms with Crippen molar-refractivity contribution in [2.75, 3.05) is 19.0 Å². The van der Waals surface area contributed by atoms with Crippen molar-refractivity contribution in [2.24, 2.45) is 0 Å². The van der Waals surface area contributed by atoms with Crippen molar-refractivity contribution >= 4 is 16.6 Å². The summed E-state index contributed by atoms with van der Waals surface area (Å²) in [6.45, 7) is 3.69. The van der Waals surface area contributed by atoms with Crippen LogP contribution in [-0.2, 0) is 6.54 Å². The molecule has 0 saturated carbocycles. The molecule has 0 aliphatic carbocycles. The van der Waals surface area contributed by atoms with Crippen LogP contribution in [0.25, 0.3) is 33.5 Å². The lowest BCUT2D eigenvalue weighted by molar-refractivity contribution is 0.416. The van der Waals surface area contributed by atoms with Crippen LogP contribution in [0, 0.1) is 6.92 Å². The van der Waals surface area contributed by atoms with E-state index in [-0.39, 0.29) is 0 Å². The molecule has 0 atom stereocenters. The second-order valence-corrected chi connectivity index (χ2v) is 7.81. The minimum absolute atomic E-state index is 0.430. The number of pyridine rings is 1. The van der Waals surface area contributed by atoms with Gasteiger partial charge >= 0.3 is 0 Å². The molecule has 0 aliphatic rings. The van der Waals surface area contributed by atoms with E-state index in [1.54, 1.807) is 19.5 Å². The zero-order valence-corrected chi connectivity index (χ0v) is 18.5. The van der Waals surface area contributed by atoms with Gasteiger partial charge < -0.3 is 19.0 Å². The Kier molecular flexibility index (Phi) is 5.72. The van der Waals surface area contributed by atoms with Crippen LogP contribution >= 0.6 is 0 Å². The second kappa shape index (κ2) is 9.12. The number of nitrogens with zero attached hydrogens (tertiary/aromatic N) is 5. The molecule has 1 N–H and O–H groups in total. The highest BCUT2D eigenvalue weighted by Crippen LogP contribution is 2.37. The molecular formula is C25H24N6O2. The number of benzene rings is 2. The first kappa shape index (κ1) is 20.7. The van der Waals surface area contributed by atoms with Gasteiger partial charge in [-0.05, 0) is 42.7 Å². The van der Waals surface area contributed by atoms with Crippen LogP contribution in [0.5, 0.6) is 5.75 Å². The predicted molar refractivity (Wildman–Crippen MR) is 127 cm³/mol. The fourth-order valence-electron chi connectivity index (χ4n) is 3.93. The Bertz CT molecular complexity index is 1360. The summed E-state index contributed by atoms with van der Waals surface area (Å²) in [6, 6.07) is 12.4. The minimum Gasteiger partial charge on any atom is -0.496 e. The van der Waals surface area contributed by atoms with E-state index in [0.29, 0.717) is 5.89 Å². The summed E-state index contributed by atoms with van der Waals surface area (Å²) >= 11 is 0. The van der Waals surface area contributed by atoms with Crippen LogP contribution in [0.1, 0.15) is 12.0 Å². The number of methoxy groups -OCH3 is 1. The topological polar surface area (TPSA) is 90.9 Å². The summed E-state index contributed by atoms with van der Waals surface area (Å²) in [5.41, 5.74) is 5.80. The standard InChI is InChI=1S/C25H24N6O2/c1-17-4-6-19(23(12-17)32-2)18-5-7-22-20(13-18)24(21(14-28-22)25-30-29-16-33-25)27-8-3-10-31-11-9-26-15-31/h4-7,9,11-16H,3,8,10H2,1-2H3,(H,27,28). The van der Waals surface area contributed by atoms with Gasteiger partial charge in [-0.2, -0.15) is 0 Å². The normalized spacial score (nSPS) is 11.1. The van der Waals surface area contributed by atoms with Crippen molar-refractivity contribution in [1.82, 2.24) is 24.7 Å². The van der Waals surface area contributed by atoms with Gasteiger partial charge in [0.1, 0.15) is 5.75 Å². The lowest BCUT2D eigenvalue weighted by atomic mass is 9.99. The molecule has 166 valence electrons. The maximum Gasteiger partial charge on any atom is 0.251 e. The lowest BCUT2D eigenvalue weighted by Gasteiger charge is -2.15. The number of aryl methyl sites for hydroxylation is 2. The van der Waals surface area contributed by atoms with Crippen LogP contribution in [0.3, 0.4) is 0 Å². The van der Waals surface area contributed by atoms with Crippen LogP contribution in [-0.4, -0.2) is 38.4 Å². The molecule has 0 bridgehead atoms. The van der Waals surface area contributed by atoms with Crippen LogP contribution in [0.4, 0.5) is 5.69 Å². The Morgan fingerprint density at radius 1 is 1.12 bits per heavy atom. The summed E-state index contributed by atoms with van der Waals surface area (Å²) in [5, 5.41) is 12.5. The molecular weight excluding hydrogens is 416 g/mol. The molecule has 5 rings (SSSR count). The number of hydrogen-bond donors (Lipinski definition) is 1. The lowest BCUT2D eigenvalue weighted by Crippen LogP contribution is -2.07. The fourth-order valence-corrected chi connectivity index (χ4v) is 3.93. The molecule has 0 saturated heterocycles. The number of anilines is 1. The second-order valence-electron chi connectivity index (χ2n) is 7.81. The molecule has 8 heteroatoms. The monoisotopic (exact) mass is 440 g/mol. The number of fused-ring (bicyclic) bond motifs is 1. The molecule has 5 aromatic rings. The van der Waals surface area contributed by atoms with E-state index in [1.807, 2.05) is 24.7 Å². The Hall–Kier alpha value is -4.20. The van der Waals surface area contributed by atoms with Crippen molar-refractivity contribution in [3.8, 4) is 28.3 Å². The van der Waals surface area contributed by atoms with Gasteiger partial charge in [-0.3, -0.25) is 4.98 Å². The number of aromatic nitrogens is 5. The summed E-state index contributed by atoms with van der Waals surface area (Å²) in [6.07, 6.45) is 9.61. The Labute approximate surface area is 191 Å². The Balaban J connectivity index is 1.55. The van der Waals surface area contributed by atoms with E-state index in [1.165, 1.54) is 6.39 Å². The molecule has 33 heavy (non-hydrogen) atoms. The molecule has 0 spiro atoms. The van der Waals surface area contributed by atoms with Crippen molar-refractivity contribution in [3.05, 3.63) is 73.3 Å². The Morgan fingerprint density at radius 2 is 2.06 bits per heavy atom. The van der Waals surface area contributed by atoms with Gasteiger partial charge in [0.05, 0.1) is 30.2 Å². The van der Waals surface area contributed by atoms with Gasteiger partial charge in [0.2, 0.25) is 6.39 Å². The molecule has 2 aromatic carbocycles. The molecule has 0 amide bonds. The molecule has 0 unspecified atom stereocenters. The summed E-state index contributed by atoms with van der Waals surface area (Å²) in [5.74, 6) is 1.27. The average Bonchev–Trinajstić information content (AvgIpc) is 3.56. The first-order valence-electron chi connectivity index (χ1n) is 10.8. The third-order valence-electron chi connectivity index (χ3n) is 5.58. The quantitative estimate of drug-likeness (QED) is 0.341. The van der Waals surface area contributed by atoms with Crippen molar-refractivity contribution in [1.29, 1.82) is 0 Å². The summed E-state index contributed by atoms with van der Waals surface area (Å²) < 4.78 is 13.2. The van der Waals surface area contributed by atoms with Crippen molar-refractivity contribution < 1.29 is 9.15 Å². The smallest absolute Gasteiger partial charge is 0.251 e. The van der Waals surface area contributed by atoms with E-state index < -0.39 is 0 Å². The molecule has 0 radical (unpaired) electrons. The van der Waals surface area contributed by atoms with Gasteiger partial charge in [0.25, 0.3) is 5.89 Å². The zero-order chi connectivity index (χ0) is 22.6. The van der Waals surface area contributed by atoms with Gasteiger partial charge in [0, 0.05) is 42.6 Å². The first-order chi connectivity index (χ1) is 16.2. The fraction of sp³-hybridized carbons (Fsp3) is 0.200. The number of imidazole rings is 1. The highest BCUT2D eigenvalue weighted by atomic mass is 16.5. The average molecular weight is 441 g/mol. The maximum absolute atomic E-state index is 5.65. The van der Waals surface area contributed by atoms with E-state index in [9.17, 15) is 0 Å². The van der Waals surface area contributed by atoms with Crippen molar-refractivity contribution in [2.45, 2.75) is 19.9 Å². The number of hydrogen-bond acceptors (Lipinski definition) is 7. The molecule has 0 fully saturated rings. The van der Waals surface area contributed by atoms with Crippen LogP contribution in [0.15, 0.2) is 72.1 Å². The summed E-state index contributed by atoms with van der Waals surface area (Å²) in [7, 11) is 1.70. The van der Waals surface area contributed by atoms with E-state index in [4.69, 9.17) is 9.15 Å². The SMILES string of the molecule is COc1cc(C)ccc1-c1ccc2ncc(-c3nnco3)c(NCCCn3ccnc3)c2c1. The molecule has 8 nitrogen and oxygen atoms in total. The zero-order valence-electron chi connectivity index (χ0n) is 18.5. The molecule has 3 aromatic heterocycles. The molecule has 3 heterocycles. The first-order valence-corrected chi connectivity index (χ1v) is 10.8. The van der Waals surface area contributed by atoms with E-state index in [2.05, 4.69) is 61.2 Å². The minimum atomic E-state index is 0.430. The summed E-state index contributed by atoms with van der Waals surface area (Å²) in [4.78, 5) is 8.75. The number of nitrogens with one attached hydrogen (secondary N) is 1. The van der Waals surface area contributed by atoms with Gasteiger partial charge in [-0.1, -0.05) is 18.2 Å². The van der Waals surface area contributed by atoms with E-state index >= 15 is 0 Å². The van der Waals surface area contributed by atoms with E-state index in [0.717, 1.165) is 64.1 Å². The third kappa shape index (κ3) is 4.27. The van der Waals surface area contributed by atoms with Crippen LogP contribution < -0.4 is 10.1 Å².